The molecular formula is C26H20N4O3. The van der Waals surface area contributed by atoms with Crippen molar-refractivity contribution in [3.8, 4) is 23.3 Å². The normalized spacial score (nSPS) is 10.9. The maximum atomic E-state index is 13.2. The Morgan fingerprint density at radius 3 is 2.48 bits per heavy atom. The summed E-state index contributed by atoms with van der Waals surface area (Å²) in [5, 5.41) is 9.89. The lowest BCUT2D eigenvalue weighted by atomic mass is 10.1. The van der Waals surface area contributed by atoms with E-state index in [0.717, 1.165) is 10.9 Å². The van der Waals surface area contributed by atoms with E-state index in [9.17, 15) is 4.79 Å². The van der Waals surface area contributed by atoms with Gasteiger partial charge in [0, 0.05) is 18.5 Å². The van der Waals surface area contributed by atoms with Gasteiger partial charge in [-0.25, -0.2) is 4.79 Å². The van der Waals surface area contributed by atoms with Crippen LogP contribution in [0.1, 0.15) is 11.1 Å². The number of pyridine rings is 1. The molecule has 0 saturated heterocycles. The van der Waals surface area contributed by atoms with Gasteiger partial charge in [-0.15, -0.1) is 0 Å². The fraction of sp³-hybridized carbons (Fsp3) is 0.115. The Kier molecular flexibility index (Phi) is 5.04. The van der Waals surface area contributed by atoms with Crippen LogP contribution in [0.15, 0.2) is 77.7 Å². The van der Waals surface area contributed by atoms with Crippen molar-refractivity contribution in [1.82, 2.24) is 14.1 Å². The van der Waals surface area contributed by atoms with Gasteiger partial charge in [0.1, 0.15) is 6.61 Å². The Bertz CT molecular complexity index is 1580. The molecule has 7 heteroatoms. The van der Waals surface area contributed by atoms with Gasteiger partial charge < -0.3 is 9.47 Å². The van der Waals surface area contributed by atoms with Crippen LogP contribution >= 0.6 is 0 Å². The van der Waals surface area contributed by atoms with Crippen molar-refractivity contribution in [3.05, 3.63) is 94.5 Å². The SMILES string of the molecule is COc1cc2ncc3c(c2cc1OCc1ccccc1)n(-c1ccc(C#N)cc1)c(=O)n3C. The van der Waals surface area contributed by atoms with Gasteiger partial charge in [-0.2, -0.15) is 5.26 Å². The van der Waals surface area contributed by atoms with Crippen LogP contribution in [0, 0.1) is 11.3 Å². The lowest BCUT2D eigenvalue weighted by molar-refractivity contribution is 0.285. The van der Waals surface area contributed by atoms with Crippen molar-refractivity contribution >= 4 is 21.9 Å². The van der Waals surface area contributed by atoms with Crippen LogP contribution in [0.5, 0.6) is 11.5 Å². The molecule has 0 unspecified atom stereocenters. The lowest BCUT2D eigenvalue weighted by Crippen LogP contribution is -2.20. The van der Waals surface area contributed by atoms with Gasteiger partial charge in [-0.3, -0.25) is 14.1 Å². The van der Waals surface area contributed by atoms with Crippen LogP contribution in [0.2, 0.25) is 0 Å². The van der Waals surface area contributed by atoms with Crippen LogP contribution in [-0.2, 0) is 13.7 Å². The molecule has 0 spiro atoms. The van der Waals surface area contributed by atoms with Gasteiger partial charge in [0.2, 0.25) is 0 Å². The number of aromatic nitrogens is 3. The molecule has 0 saturated carbocycles. The largest absolute Gasteiger partial charge is 0.493 e. The monoisotopic (exact) mass is 436 g/mol. The topological polar surface area (TPSA) is 82.1 Å². The molecular weight excluding hydrogens is 416 g/mol. The van der Waals surface area contributed by atoms with Crippen LogP contribution < -0.4 is 15.2 Å². The number of benzene rings is 3. The molecule has 5 aromatic rings. The maximum absolute atomic E-state index is 13.2. The number of imidazole rings is 1. The second-order valence-electron chi connectivity index (χ2n) is 7.62. The third-order valence-corrected chi connectivity index (χ3v) is 5.66. The first-order valence-electron chi connectivity index (χ1n) is 10.4. The molecule has 162 valence electrons. The minimum absolute atomic E-state index is 0.202. The summed E-state index contributed by atoms with van der Waals surface area (Å²) in [6.45, 7) is 0.378. The van der Waals surface area contributed by atoms with E-state index >= 15 is 0 Å². The van der Waals surface area contributed by atoms with Gasteiger partial charge in [0.25, 0.3) is 0 Å². The first-order valence-corrected chi connectivity index (χ1v) is 10.4. The number of rotatable bonds is 5. The van der Waals surface area contributed by atoms with E-state index in [1.54, 1.807) is 53.8 Å². The molecule has 0 atom stereocenters. The Hall–Kier alpha value is -4.57. The molecule has 2 heterocycles. The molecule has 33 heavy (non-hydrogen) atoms. The zero-order valence-electron chi connectivity index (χ0n) is 18.1. The molecule has 0 bridgehead atoms. The standard InChI is InChI=1S/C26H20N4O3/c1-29-22-15-28-21-13-23(32-2)24(33-16-18-6-4-3-5-7-18)12-20(21)25(22)30(26(29)31)19-10-8-17(14-27)9-11-19/h3-13,15H,16H2,1-2H3. The fourth-order valence-corrected chi connectivity index (χ4v) is 3.94. The average Bonchev–Trinajstić information content (AvgIpc) is 3.13. The molecule has 7 nitrogen and oxygen atoms in total. The van der Waals surface area contributed by atoms with E-state index in [1.165, 1.54) is 0 Å². The summed E-state index contributed by atoms with van der Waals surface area (Å²) in [6.07, 6.45) is 1.68. The van der Waals surface area contributed by atoms with Gasteiger partial charge in [0.05, 0.1) is 47.2 Å². The predicted molar refractivity (Wildman–Crippen MR) is 126 cm³/mol. The number of nitrogens with zero attached hydrogens (tertiary/aromatic N) is 4. The first kappa shape index (κ1) is 20.3. The number of nitriles is 1. The van der Waals surface area contributed by atoms with Crippen molar-refractivity contribution in [2.45, 2.75) is 6.61 Å². The van der Waals surface area contributed by atoms with Crippen molar-refractivity contribution in [2.75, 3.05) is 7.11 Å². The zero-order chi connectivity index (χ0) is 22.9. The number of methoxy groups -OCH3 is 1. The first-order chi connectivity index (χ1) is 16.1. The Labute approximate surface area is 189 Å². The minimum Gasteiger partial charge on any atom is -0.493 e. The number of hydrogen-bond acceptors (Lipinski definition) is 5. The number of fused-ring (bicyclic) bond motifs is 3. The van der Waals surface area contributed by atoms with E-state index in [1.807, 2.05) is 42.5 Å². The zero-order valence-corrected chi connectivity index (χ0v) is 18.1. The molecule has 0 N–H and O–H groups in total. The van der Waals surface area contributed by atoms with Gasteiger partial charge in [-0.1, -0.05) is 30.3 Å². The van der Waals surface area contributed by atoms with E-state index < -0.39 is 0 Å². The number of ether oxygens (including phenoxy) is 2. The molecule has 0 aliphatic carbocycles. The second kappa shape index (κ2) is 8.17. The Morgan fingerprint density at radius 2 is 1.79 bits per heavy atom. The van der Waals surface area contributed by atoms with Crippen LogP contribution in [0.4, 0.5) is 0 Å². The quantitative estimate of drug-likeness (QED) is 0.409. The summed E-state index contributed by atoms with van der Waals surface area (Å²) in [5.74, 6) is 1.12. The van der Waals surface area contributed by atoms with Gasteiger partial charge in [-0.05, 0) is 35.9 Å². The molecule has 0 aliphatic heterocycles. The summed E-state index contributed by atoms with van der Waals surface area (Å²) in [7, 11) is 3.30. The summed E-state index contributed by atoms with van der Waals surface area (Å²) < 4.78 is 14.9. The fourth-order valence-electron chi connectivity index (χ4n) is 3.94. The minimum atomic E-state index is -0.202. The molecule has 5 rings (SSSR count). The second-order valence-corrected chi connectivity index (χ2v) is 7.62. The van der Waals surface area contributed by atoms with E-state index in [0.29, 0.717) is 45.9 Å². The van der Waals surface area contributed by atoms with Crippen molar-refractivity contribution < 1.29 is 9.47 Å². The predicted octanol–water partition coefficient (Wildman–Crippen LogP) is 4.34. The highest BCUT2D eigenvalue weighted by atomic mass is 16.5. The van der Waals surface area contributed by atoms with Crippen molar-refractivity contribution in [1.29, 1.82) is 5.26 Å². The van der Waals surface area contributed by atoms with E-state index in [-0.39, 0.29) is 5.69 Å². The third-order valence-electron chi connectivity index (χ3n) is 5.66. The Morgan fingerprint density at radius 1 is 1.03 bits per heavy atom. The molecule has 0 aliphatic rings. The van der Waals surface area contributed by atoms with Crippen LogP contribution in [0.25, 0.3) is 27.6 Å². The number of aryl methyl sites for hydroxylation is 1. The van der Waals surface area contributed by atoms with Crippen molar-refractivity contribution in [2.24, 2.45) is 7.05 Å². The smallest absolute Gasteiger partial charge is 0.333 e. The molecule has 2 aromatic heterocycles. The Balaban J connectivity index is 1.73. The summed E-state index contributed by atoms with van der Waals surface area (Å²) in [4.78, 5) is 17.7. The number of hydrogen-bond donors (Lipinski definition) is 0. The molecule has 0 radical (unpaired) electrons. The van der Waals surface area contributed by atoms with Crippen LogP contribution in [0.3, 0.4) is 0 Å². The summed E-state index contributed by atoms with van der Waals surface area (Å²) >= 11 is 0. The molecule has 0 fully saturated rings. The van der Waals surface area contributed by atoms with Gasteiger partial charge in [0.15, 0.2) is 11.5 Å². The van der Waals surface area contributed by atoms with Crippen LogP contribution in [-0.4, -0.2) is 21.2 Å². The summed E-state index contributed by atoms with van der Waals surface area (Å²) in [6, 6.07) is 22.6. The lowest BCUT2D eigenvalue weighted by Gasteiger charge is -2.13. The molecule has 3 aromatic carbocycles. The van der Waals surface area contributed by atoms with E-state index in [4.69, 9.17) is 14.7 Å². The summed E-state index contributed by atoms with van der Waals surface area (Å²) in [5.41, 5.74) is 4.11. The van der Waals surface area contributed by atoms with Gasteiger partial charge >= 0.3 is 5.69 Å². The van der Waals surface area contributed by atoms with E-state index in [2.05, 4.69) is 11.1 Å². The third kappa shape index (κ3) is 3.48. The highest BCUT2D eigenvalue weighted by molar-refractivity contribution is 6.04. The highest BCUT2D eigenvalue weighted by Gasteiger charge is 2.18. The highest BCUT2D eigenvalue weighted by Crippen LogP contribution is 2.35. The maximum Gasteiger partial charge on any atom is 0.333 e. The van der Waals surface area contributed by atoms with Crippen molar-refractivity contribution in [3.63, 3.8) is 0 Å². The molecule has 0 amide bonds. The average molecular weight is 436 g/mol.